The van der Waals surface area contributed by atoms with Gasteiger partial charge in [-0.25, -0.2) is 0 Å². The fourth-order valence-electron chi connectivity index (χ4n) is 2.62. The zero-order chi connectivity index (χ0) is 13.9. The Bertz CT molecular complexity index is 667. The van der Waals surface area contributed by atoms with Crippen molar-refractivity contribution < 1.29 is 4.79 Å². The maximum absolute atomic E-state index is 12.4. The number of nitriles is 1. The fraction of sp³-hybridized carbons (Fsp3) is 0.250. The largest absolute Gasteiger partial charge is 0.326 e. The first-order chi connectivity index (χ1) is 9.78. The molecular formula is C16H14N2OS. The lowest BCUT2D eigenvalue weighted by Crippen LogP contribution is -2.23. The number of benzene rings is 1. The molecule has 2 aromatic rings. The molecule has 1 aromatic carbocycles. The third-order valence-corrected chi connectivity index (χ3v) is 4.65. The summed E-state index contributed by atoms with van der Waals surface area (Å²) in [4.78, 5) is 13.8. The first-order valence-electron chi connectivity index (χ1n) is 6.65. The zero-order valence-corrected chi connectivity index (χ0v) is 11.7. The molecule has 0 radical (unpaired) electrons. The molecule has 1 aliphatic carbocycles. The van der Waals surface area contributed by atoms with Gasteiger partial charge >= 0.3 is 0 Å². The molecule has 3 nitrogen and oxygen atoms in total. The van der Waals surface area contributed by atoms with Crippen LogP contribution in [0.25, 0.3) is 0 Å². The number of amides is 1. The van der Waals surface area contributed by atoms with Crippen molar-refractivity contribution in [3.05, 3.63) is 51.7 Å². The molecule has 1 N–H and O–H groups in total. The van der Waals surface area contributed by atoms with Crippen LogP contribution in [0, 0.1) is 11.3 Å². The molecule has 3 rings (SSSR count). The van der Waals surface area contributed by atoms with Crippen LogP contribution in [0.15, 0.2) is 35.7 Å². The molecule has 1 aliphatic rings. The summed E-state index contributed by atoms with van der Waals surface area (Å²) in [6, 6.07) is 11.1. The van der Waals surface area contributed by atoms with Gasteiger partial charge in [-0.1, -0.05) is 0 Å². The lowest BCUT2D eigenvalue weighted by atomic mass is 9.87. The Hall–Kier alpha value is -2.12. The molecule has 0 saturated heterocycles. The van der Waals surface area contributed by atoms with E-state index in [1.165, 1.54) is 10.4 Å². The number of carbonyl (C=O) groups is 1. The van der Waals surface area contributed by atoms with Crippen LogP contribution in [0.1, 0.15) is 34.8 Å². The first-order valence-corrected chi connectivity index (χ1v) is 7.53. The van der Waals surface area contributed by atoms with Crippen molar-refractivity contribution in [3.8, 4) is 6.07 Å². The van der Waals surface area contributed by atoms with Gasteiger partial charge in [0, 0.05) is 10.6 Å². The molecule has 0 fully saturated rings. The Labute approximate surface area is 121 Å². The Morgan fingerprint density at radius 3 is 2.85 bits per heavy atom. The van der Waals surface area contributed by atoms with Crippen LogP contribution < -0.4 is 5.32 Å². The van der Waals surface area contributed by atoms with Crippen molar-refractivity contribution >= 4 is 22.9 Å². The second kappa shape index (κ2) is 5.48. The molecule has 1 amide bonds. The second-order valence-corrected chi connectivity index (χ2v) is 5.92. The summed E-state index contributed by atoms with van der Waals surface area (Å²) in [6.07, 6.45) is 3.07. The quantitative estimate of drug-likeness (QED) is 0.913. The Kier molecular flexibility index (Phi) is 3.53. The molecule has 0 spiro atoms. The van der Waals surface area contributed by atoms with Gasteiger partial charge in [0.1, 0.15) is 0 Å². The van der Waals surface area contributed by atoms with Crippen molar-refractivity contribution in [3.63, 3.8) is 0 Å². The molecule has 1 atom stereocenters. The fourth-order valence-corrected chi connectivity index (χ4v) is 3.60. The van der Waals surface area contributed by atoms with Gasteiger partial charge in [0.05, 0.1) is 17.6 Å². The van der Waals surface area contributed by atoms with Crippen LogP contribution in [0.4, 0.5) is 5.69 Å². The van der Waals surface area contributed by atoms with Crippen LogP contribution in [0.3, 0.4) is 0 Å². The SMILES string of the molecule is N#Cc1ccc(NC(=O)C2CCCc3sccc32)cc1. The predicted molar refractivity (Wildman–Crippen MR) is 79.8 cm³/mol. The lowest BCUT2D eigenvalue weighted by Gasteiger charge is -2.21. The number of thiophene rings is 1. The van der Waals surface area contributed by atoms with Crippen molar-refractivity contribution in [2.24, 2.45) is 0 Å². The summed E-state index contributed by atoms with van der Waals surface area (Å²) in [5, 5.41) is 13.8. The average molecular weight is 282 g/mol. The first kappa shape index (κ1) is 12.9. The number of aryl methyl sites for hydroxylation is 1. The lowest BCUT2D eigenvalue weighted by molar-refractivity contribution is -0.117. The smallest absolute Gasteiger partial charge is 0.231 e. The topological polar surface area (TPSA) is 52.9 Å². The number of anilines is 1. The Morgan fingerprint density at radius 1 is 1.30 bits per heavy atom. The van der Waals surface area contributed by atoms with E-state index in [1.54, 1.807) is 35.6 Å². The number of nitrogens with zero attached hydrogens (tertiary/aromatic N) is 1. The highest BCUT2D eigenvalue weighted by Crippen LogP contribution is 2.35. The van der Waals surface area contributed by atoms with E-state index in [9.17, 15) is 4.79 Å². The van der Waals surface area contributed by atoms with Crippen molar-refractivity contribution in [2.45, 2.75) is 25.2 Å². The van der Waals surface area contributed by atoms with E-state index >= 15 is 0 Å². The van der Waals surface area contributed by atoms with E-state index in [0.717, 1.165) is 24.9 Å². The maximum atomic E-state index is 12.4. The van der Waals surface area contributed by atoms with Crippen LogP contribution in [-0.4, -0.2) is 5.91 Å². The molecule has 0 aliphatic heterocycles. The highest BCUT2D eigenvalue weighted by atomic mass is 32.1. The predicted octanol–water partition coefficient (Wildman–Crippen LogP) is 3.68. The van der Waals surface area contributed by atoms with Gasteiger partial charge in [0.2, 0.25) is 5.91 Å². The summed E-state index contributed by atoms with van der Waals surface area (Å²) < 4.78 is 0. The summed E-state index contributed by atoms with van der Waals surface area (Å²) >= 11 is 1.74. The van der Waals surface area contributed by atoms with E-state index < -0.39 is 0 Å². The summed E-state index contributed by atoms with van der Waals surface area (Å²) in [6.45, 7) is 0. The molecule has 4 heteroatoms. The Morgan fingerprint density at radius 2 is 2.10 bits per heavy atom. The van der Waals surface area contributed by atoms with E-state index in [0.29, 0.717) is 5.56 Å². The monoisotopic (exact) mass is 282 g/mol. The molecule has 1 aromatic heterocycles. The zero-order valence-electron chi connectivity index (χ0n) is 10.9. The highest BCUT2D eigenvalue weighted by Gasteiger charge is 2.27. The summed E-state index contributed by atoms with van der Waals surface area (Å²) in [5.74, 6) is 0.00898. The second-order valence-electron chi connectivity index (χ2n) is 4.92. The van der Waals surface area contributed by atoms with E-state index in [-0.39, 0.29) is 11.8 Å². The van der Waals surface area contributed by atoms with E-state index in [4.69, 9.17) is 5.26 Å². The van der Waals surface area contributed by atoms with Gasteiger partial charge in [-0.15, -0.1) is 11.3 Å². The minimum atomic E-state index is -0.0411. The molecule has 1 heterocycles. The third kappa shape index (κ3) is 2.45. The molecule has 20 heavy (non-hydrogen) atoms. The normalized spacial score (nSPS) is 17.1. The van der Waals surface area contributed by atoms with Gasteiger partial charge in [0.25, 0.3) is 0 Å². The minimum absolute atomic E-state index is 0.0411. The van der Waals surface area contributed by atoms with Crippen LogP contribution in [0.2, 0.25) is 0 Å². The van der Waals surface area contributed by atoms with Gasteiger partial charge in [-0.2, -0.15) is 5.26 Å². The Balaban J connectivity index is 1.76. The molecular weight excluding hydrogens is 268 g/mol. The highest BCUT2D eigenvalue weighted by molar-refractivity contribution is 7.10. The van der Waals surface area contributed by atoms with Crippen LogP contribution in [-0.2, 0) is 11.2 Å². The van der Waals surface area contributed by atoms with E-state index in [1.807, 2.05) is 0 Å². The number of hydrogen-bond donors (Lipinski definition) is 1. The molecule has 0 bridgehead atoms. The van der Waals surface area contributed by atoms with Gasteiger partial charge in [0.15, 0.2) is 0 Å². The van der Waals surface area contributed by atoms with Crippen LogP contribution >= 0.6 is 11.3 Å². The van der Waals surface area contributed by atoms with E-state index in [2.05, 4.69) is 22.8 Å². The number of nitrogens with one attached hydrogen (secondary N) is 1. The number of fused-ring (bicyclic) bond motifs is 1. The number of hydrogen-bond acceptors (Lipinski definition) is 3. The van der Waals surface area contributed by atoms with Gasteiger partial charge in [-0.05, 0) is 60.5 Å². The van der Waals surface area contributed by atoms with Gasteiger partial charge in [-0.3, -0.25) is 4.79 Å². The average Bonchev–Trinajstić information content (AvgIpc) is 2.96. The molecule has 100 valence electrons. The van der Waals surface area contributed by atoms with Crippen molar-refractivity contribution in [2.75, 3.05) is 5.32 Å². The maximum Gasteiger partial charge on any atom is 0.231 e. The van der Waals surface area contributed by atoms with Crippen molar-refractivity contribution in [1.82, 2.24) is 0 Å². The third-order valence-electron chi connectivity index (χ3n) is 3.65. The number of rotatable bonds is 2. The van der Waals surface area contributed by atoms with Crippen molar-refractivity contribution in [1.29, 1.82) is 5.26 Å². The van der Waals surface area contributed by atoms with Crippen LogP contribution in [0.5, 0.6) is 0 Å². The summed E-state index contributed by atoms with van der Waals surface area (Å²) in [7, 11) is 0. The molecule has 1 unspecified atom stereocenters. The number of carbonyl (C=O) groups excluding carboxylic acids is 1. The standard InChI is InChI=1S/C16H14N2OS/c17-10-11-4-6-12(7-5-11)18-16(19)14-2-1-3-15-13(14)8-9-20-15/h4-9,14H,1-3H2,(H,18,19). The summed E-state index contributed by atoms with van der Waals surface area (Å²) in [5.41, 5.74) is 2.53. The minimum Gasteiger partial charge on any atom is -0.326 e. The van der Waals surface area contributed by atoms with Gasteiger partial charge < -0.3 is 5.32 Å². The molecule has 0 saturated carbocycles.